The predicted molar refractivity (Wildman–Crippen MR) is 95.7 cm³/mol. The normalized spacial score (nSPS) is 17.7. The van der Waals surface area contributed by atoms with Crippen LogP contribution in [0.4, 0.5) is 13.2 Å². The minimum absolute atomic E-state index is 0.0948. The molecule has 28 heavy (non-hydrogen) atoms. The third-order valence-corrected chi connectivity index (χ3v) is 4.54. The summed E-state index contributed by atoms with van der Waals surface area (Å²) < 4.78 is 40.9. The predicted octanol–water partition coefficient (Wildman–Crippen LogP) is 3.58. The lowest BCUT2D eigenvalue weighted by molar-refractivity contribution is -0.274. The second kappa shape index (κ2) is 8.10. The summed E-state index contributed by atoms with van der Waals surface area (Å²) in [6, 6.07) is 11.3. The van der Waals surface area contributed by atoms with Gasteiger partial charge in [0.25, 0.3) is 0 Å². The number of ether oxygens (including phenoxy) is 1. The van der Waals surface area contributed by atoms with E-state index in [9.17, 15) is 22.8 Å². The molecule has 2 amide bonds. The second-order valence-corrected chi connectivity index (χ2v) is 6.75. The second-order valence-electron chi connectivity index (χ2n) is 6.32. The van der Waals surface area contributed by atoms with E-state index in [1.807, 2.05) is 0 Å². The molecular weight excluding hydrogens is 397 g/mol. The van der Waals surface area contributed by atoms with Gasteiger partial charge in [0.1, 0.15) is 5.75 Å². The number of halogens is 4. The molecular formula is C19H16ClF3N2O3. The molecule has 1 aliphatic rings. The number of hydrogen-bond acceptors (Lipinski definition) is 3. The van der Waals surface area contributed by atoms with Crippen molar-refractivity contribution in [2.45, 2.75) is 18.8 Å². The van der Waals surface area contributed by atoms with Crippen LogP contribution in [0.5, 0.6) is 5.75 Å². The molecule has 1 saturated heterocycles. The molecule has 148 valence electrons. The fourth-order valence-electron chi connectivity index (χ4n) is 2.93. The lowest BCUT2D eigenvalue weighted by atomic mass is 9.97. The van der Waals surface area contributed by atoms with Gasteiger partial charge >= 0.3 is 6.36 Å². The highest BCUT2D eigenvalue weighted by Gasteiger charge is 2.32. The zero-order valence-corrected chi connectivity index (χ0v) is 15.2. The molecule has 1 fully saturated rings. The molecule has 0 saturated carbocycles. The van der Waals surface area contributed by atoms with Crippen LogP contribution in [0.25, 0.3) is 0 Å². The highest BCUT2D eigenvalue weighted by atomic mass is 35.5. The number of rotatable bonds is 5. The fourth-order valence-corrected chi connectivity index (χ4v) is 3.05. The maximum absolute atomic E-state index is 12.6. The van der Waals surface area contributed by atoms with Crippen LogP contribution in [-0.2, 0) is 9.59 Å². The van der Waals surface area contributed by atoms with Crippen molar-refractivity contribution in [3.05, 3.63) is 64.7 Å². The highest BCUT2D eigenvalue weighted by Crippen LogP contribution is 2.28. The Balaban J connectivity index is 1.84. The molecule has 0 unspecified atom stereocenters. The molecule has 2 aromatic rings. The Hall–Kier alpha value is -2.74. The van der Waals surface area contributed by atoms with Crippen LogP contribution in [0.3, 0.4) is 0 Å². The van der Waals surface area contributed by atoms with Crippen molar-refractivity contribution in [3.8, 4) is 5.75 Å². The Labute approximate surface area is 163 Å². The highest BCUT2D eigenvalue weighted by molar-refractivity contribution is 6.30. The van der Waals surface area contributed by atoms with E-state index in [4.69, 9.17) is 11.6 Å². The van der Waals surface area contributed by atoms with E-state index in [0.29, 0.717) is 16.1 Å². The van der Waals surface area contributed by atoms with Gasteiger partial charge in [-0.2, -0.15) is 0 Å². The maximum Gasteiger partial charge on any atom is 0.573 e. The molecule has 2 aromatic carbocycles. The third-order valence-electron chi connectivity index (χ3n) is 4.29. The van der Waals surface area contributed by atoms with E-state index in [2.05, 4.69) is 15.4 Å². The zero-order valence-electron chi connectivity index (χ0n) is 14.4. The van der Waals surface area contributed by atoms with Crippen molar-refractivity contribution in [2.24, 2.45) is 5.92 Å². The number of alkyl halides is 3. The van der Waals surface area contributed by atoms with Gasteiger partial charge in [0.2, 0.25) is 11.8 Å². The van der Waals surface area contributed by atoms with Crippen LogP contribution in [-0.4, -0.2) is 24.7 Å². The Morgan fingerprint density at radius 2 is 1.68 bits per heavy atom. The summed E-state index contributed by atoms with van der Waals surface area (Å²) in [5, 5.41) is 5.97. The number of carbonyl (C=O) groups is 2. The molecule has 0 aliphatic carbocycles. The summed E-state index contributed by atoms with van der Waals surface area (Å²) in [5.41, 5.74) is 1.25. The Kier molecular flexibility index (Phi) is 5.79. The van der Waals surface area contributed by atoms with Crippen LogP contribution in [0.2, 0.25) is 5.02 Å². The summed E-state index contributed by atoms with van der Waals surface area (Å²) in [4.78, 5) is 23.9. The van der Waals surface area contributed by atoms with Gasteiger partial charge in [0.15, 0.2) is 0 Å². The molecule has 2 atom stereocenters. The Morgan fingerprint density at radius 1 is 1.11 bits per heavy atom. The van der Waals surface area contributed by atoms with Gasteiger partial charge in [-0.1, -0.05) is 35.9 Å². The molecule has 0 radical (unpaired) electrons. The molecule has 0 bridgehead atoms. The molecule has 1 heterocycles. The van der Waals surface area contributed by atoms with Gasteiger partial charge in [-0.15, -0.1) is 13.2 Å². The van der Waals surface area contributed by atoms with Crippen LogP contribution in [0, 0.1) is 5.92 Å². The average molecular weight is 413 g/mol. The Bertz CT molecular complexity index is 854. The SMILES string of the molecule is O=C1C[C@H](C(=O)N[C@@H](c2ccc(Cl)cc2)c2ccc(OC(F)(F)F)cc2)CN1. The minimum Gasteiger partial charge on any atom is -0.406 e. The molecule has 1 aliphatic heterocycles. The van der Waals surface area contributed by atoms with E-state index >= 15 is 0 Å². The van der Waals surface area contributed by atoms with Crippen molar-refractivity contribution in [1.29, 1.82) is 0 Å². The number of amides is 2. The fraction of sp³-hybridized carbons (Fsp3) is 0.263. The first kappa shape index (κ1) is 20.0. The number of carbonyl (C=O) groups excluding carboxylic acids is 2. The van der Waals surface area contributed by atoms with Crippen molar-refractivity contribution in [2.75, 3.05) is 6.54 Å². The van der Waals surface area contributed by atoms with Gasteiger partial charge in [0.05, 0.1) is 12.0 Å². The van der Waals surface area contributed by atoms with Gasteiger partial charge < -0.3 is 15.4 Å². The van der Waals surface area contributed by atoms with E-state index in [-0.39, 0.29) is 30.5 Å². The van der Waals surface area contributed by atoms with Crippen molar-refractivity contribution >= 4 is 23.4 Å². The van der Waals surface area contributed by atoms with E-state index in [1.54, 1.807) is 24.3 Å². The van der Waals surface area contributed by atoms with Crippen molar-refractivity contribution < 1.29 is 27.5 Å². The van der Waals surface area contributed by atoms with E-state index in [1.165, 1.54) is 24.3 Å². The van der Waals surface area contributed by atoms with Gasteiger partial charge in [0, 0.05) is 18.0 Å². The molecule has 0 spiro atoms. The van der Waals surface area contributed by atoms with Crippen LogP contribution < -0.4 is 15.4 Å². The Morgan fingerprint density at radius 3 is 2.18 bits per heavy atom. The number of benzene rings is 2. The molecule has 2 N–H and O–H groups in total. The first-order valence-corrected chi connectivity index (χ1v) is 8.77. The summed E-state index contributed by atoms with van der Waals surface area (Å²) in [6.07, 6.45) is -4.69. The van der Waals surface area contributed by atoms with Crippen LogP contribution in [0.15, 0.2) is 48.5 Å². The monoisotopic (exact) mass is 412 g/mol. The topological polar surface area (TPSA) is 67.4 Å². The van der Waals surface area contributed by atoms with Gasteiger partial charge in [-0.25, -0.2) is 0 Å². The lowest BCUT2D eigenvalue weighted by Crippen LogP contribution is -2.35. The molecule has 9 heteroatoms. The van der Waals surface area contributed by atoms with Crippen molar-refractivity contribution in [1.82, 2.24) is 10.6 Å². The summed E-state index contributed by atoms with van der Waals surface area (Å²) >= 11 is 5.91. The summed E-state index contributed by atoms with van der Waals surface area (Å²) in [5.74, 6) is -1.39. The number of hydrogen-bond donors (Lipinski definition) is 2. The first-order chi connectivity index (χ1) is 13.2. The van der Waals surface area contributed by atoms with E-state index < -0.39 is 18.3 Å². The quantitative estimate of drug-likeness (QED) is 0.788. The average Bonchev–Trinajstić information content (AvgIpc) is 3.06. The van der Waals surface area contributed by atoms with Gasteiger partial charge in [-0.05, 0) is 35.4 Å². The van der Waals surface area contributed by atoms with Crippen molar-refractivity contribution in [3.63, 3.8) is 0 Å². The summed E-state index contributed by atoms with van der Waals surface area (Å²) in [7, 11) is 0. The van der Waals surface area contributed by atoms with Crippen LogP contribution >= 0.6 is 11.6 Å². The number of nitrogens with one attached hydrogen (secondary N) is 2. The maximum atomic E-state index is 12.6. The third kappa shape index (κ3) is 5.16. The molecule has 3 rings (SSSR count). The lowest BCUT2D eigenvalue weighted by Gasteiger charge is -2.22. The molecule has 0 aromatic heterocycles. The van der Waals surface area contributed by atoms with Gasteiger partial charge in [-0.3, -0.25) is 9.59 Å². The largest absolute Gasteiger partial charge is 0.573 e. The zero-order chi connectivity index (χ0) is 20.3. The first-order valence-electron chi connectivity index (χ1n) is 8.39. The standard InChI is InChI=1S/C19H16ClF3N2O3/c20-14-5-1-11(2-6-14)17(25-18(27)13-9-16(26)24-10-13)12-3-7-15(8-4-12)28-19(21,22)23/h1-8,13,17H,9-10H2,(H,24,26)(H,25,27)/t13-,17-/m0/s1. The minimum atomic E-state index is -4.78. The smallest absolute Gasteiger partial charge is 0.406 e. The molecule has 5 nitrogen and oxygen atoms in total. The van der Waals surface area contributed by atoms with Crippen LogP contribution in [0.1, 0.15) is 23.6 Å². The van der Waals surface area contributed by atoms with E-state index in [0.717, 1.165) is 0 Å². The summed E-state index contributed by atoms with van der Waals surface area (Å²) in [6.45, 7) is 0.246.